The van der Waals surface area contributed by atoms with E-state index < -0.39 is 0 Å². The Morgan fingerprint density at radius 2 is 2.14 bits per heavy atom. The lowest BCUT2D eigenvalue weighted by Crippen LogP contribution is -2.51. The quantitative estimate of drug-likeness (QED) is 0.847. The van der Waals surface area contributed by atoms with Crippen LogP contribution in [0.4, 0.5) is 4.39 Å². The fourth-order valence-corrected chi connectivity index (χ4v) is 4.21. The second kappa shape index (κ2) is 7.47. The van der Waals surface area contributed by atoms with Gasteiger partial charge in [0.2, 0.25) is 5.91 Å². The Bertz CT molecular complexity index is 904. The third-order valence-electron chi connectivity index (χ3n) is 5.52. The number of halogens is 1. The van der Waals surface area contributed by atoms with E-state index in [1.165, 1.54) is 6.07 Å². The molecule has 1 aromatic carbocycles. The molecule has 2 saturated heterocycles. The van der Waals surface area contributed by atoms with Crippen LogP contribution in [0, 0.1) is 12.7 Å². The maximum atomic E-state index is 14.5. The van der Waals surface area contributed by atoms with Crippen molar-refractivity contribution < 1.29 is 13.9 Å². The van der Waals surface area contributed by atoms with Gasteiger partial charge in [0, 0.05) is 29.8 Å². The summed E-state index contributed by atoms with van der Waals surface area (Å²) in [6.07, 6.45) is 3.15. The van der Waals surface area contributed by atoms with Gasteiger partial charge in [-0.3, -0.25) is 4.79 Å². The molecule has 1 aromatic heterocycles. The number of piperidine rings is 1. The first-order valence-corrected chi connectivity index (χ1v) is 9.81. The molecule has 1 amide bonds. The van der Waals surface area contributed by atoms with Gasteiger partial charge in [-0.1, -0.05) is 0 Å². The number of nitrogens with zero attached hydrogens (tertiary/aromatic N) is 2. The van der Waals surface area contributed by atoms with E-state index in [0.29, 0.717) is 42.4 Å². The van der Waals surface area contributed by atoms with Gasteiger partial charge >= 0.3 is 0 Å². The Balaban J connectivity index is 1.64. The molecule has 0 saturated carbocycles. The van der Waals surface area contributed by atoms with Crippen molar-refractivity contribution in [3.63, 3.8) is 0 Å². The minimum atomic E-state index is -0.340. The first-order chi connectivity index (χ1) is 13.5. The van der Waals surface area contributed by atoms with Crippen LogP contribution in [0.25, 0.3) is 11.3 Å². The Morgan fingerprint density at radius 1 is 1.29 bits per heavy atom. The number of hydrogen-bond donors (Lipinski definition) is 2. The molecule has 3 heterocycles. The van der Waals surface area contributed by atoms with Crippen LogP contribution in [-0.4, -0.2) is 34.6 Å². The van der Waals surface area contributed by atoms with Gasteiger partial charge in [-0.2, -0.15) is 0 Å². The minimum Gasteiger partial charge on any atom is -0.494 e. The highest BCUT2D eigenvalue weighted by atomic mass is 19.1. The topological polar surface area (TPSA) is 76.1 Å². The van der Waals surface area contributed by atoms with Crippen LogP contribution in [0.3, 0.4) is 0 Å². The van der Waals surface area contributed by atoms with E-state index in [1.54, 1.807) is 18.2 Å². The van der Waals surface area contributed by atoms with E-state index in [-0.39, 0.29) is 23.3 Å². The van der Waals surface area contributed by atoms with Crippen LogP contribution in [0.15, 0.2) is 24.3 Å². The molecule has 2 N–H and O–H groups in total. The molecule has 2 aromatic rings. The smallest absolute Gasteiger partial charge is 0.221 e. The molecule has 2 atom stereocenters. The van der Waals surface area contributed by atoms with Gasteiger partial charge in [0.05, 0.1) is 18.3 Å². The monoisotopic (exact) mass is 384 g/mol. The third-order valence-corrected chi connectivity index (χ3v) is 5.52. The Hall–Kier alpha value is -2.54. The molecule has 6 nitrogen and oxygen atoms in total. The molecule has 0 aliphatic carbocycles. The highest BCUT2D eigenvalue weighted by Gasteiger charge is 2.43. The molecule has 0 unspecified atom stereocenters. The standard InChI is InChI=1S/C21H25FN4O2/c1-3-28-14-4-5-16(22)15(11-14)18-10-13(2)24-20(25-18)17-6-7-21(26-17)8-9-23-19(27)12-21/h4-5,10-11,17,26H,3,6-9,12H2,1-2H3,(H,23,27)/t17-,21-/m1/s1. The molecule has 2 aliphatic heterocycles. The van der Waals surface area contributed by atoms with Gasteiger partial charge < -0.3 is 15.4 Å². The van der Waals surface area contributed by atoms with E-state index in [2.05, 4.69) is 20.6 Å². The fraction of sp³-hybridized carbons (Fsp3) is 0.476. The molecule has 4 rings (SSSR count). The van der Waals surface area contributed by atoms with Gasteiger partial charge in [-0.15, -0.1) is 0 Å². The van der Waals surface area contributed by atoms with Crippen molar-refractivity contribution >= 4 is 5.91 Å². The van der Waals surface area contributed by atoms with Gasteiger partial charge in [0.1, 0.15) is 17.4 Å². The predicted molar refractivity (Wildman–Crippen MR) is 103 cm³/mol. The first-order valence-electron chi connectivity index (χ1n) is 9.81. The number of carbonyl (C=O) groups is 1. The number of aryl methyl sites for hydroxylation is 1. The summed E-state index contributed by atoms with van der Waals surface area (Å²) in [7, 11) is 0. The van der Waals surface area contributed by atoms with Crippen molar-refractivity contribution in [3.8, 4) is 17.0 Å². The lowest BCUT2D eigenvalue weighted by atomic mass is 9.87. The molecule has 28 heavy (non-hydrogen) atoms. The van der Waals surface area contributed by atoms with Gasteiger partial charge in [-0.25, -0.2) is 14.4 Å². The van der Waals surface area contributed by atoms with E-state index in [9.17, 15) is 9.18 Å². The molecule has 0 radical (unpaired) electrons. The zero-order valence-electron chi connectivity index (χ0n) is 16.2. The number of benzene rings is 1. The van der Waals surface area contributed by atoms with Crippen molar-refractivity contribution in [3.05, 3.63) is 41.6 Å². The number of amides is 1. The lowest BCUT2D eigenvalue weighted by molar-refractivity contribution is -0.124. The lowest BCUT2D eigenvalue weighted by Gasteiger charge is -2.34. The van der Waals surface area contributed by atoms with Crippen LogP contribution in [-0.2, 0) is 4.79 Å². The van der Waals surface area contributed by atoms with Gasteiger partial charge in [-0.05, 0) is 57.4 Å². The Kier molecular flexibility index (Phi) is 5.02. The van der Waals surface area contributed by atoms with E-state index >= 15 is 0 Å². The molecule has 2 fully saturated rings. The Labute approximate surface area is 163 Å². The maximum absolute atomic E-state index is 14.5. The zero-order valence-corrected chi connectivity index (χ0v) is 16.2. The van der Waals surface area contributed by atoms with E-state index in [0.717, 1.165) is 25.0 Å². The largest absolute Gasteiger partial charge is 0.494 e. The summed E-state index contributed by atoms with van der Waals surface area (Å²) in [5.41, 5.74) is 1.55. The molecule has 148 valence electrons. The van der Waals surface area contributed by atoms with Crippen LogP contribution in [0.2, 0.25) is 0 Å². The molecule has 2 aliphatic rings. The summed E-state index contributed by atoms with van der Waals surface area (Å²) in [4.78, 5) is 21.1. The summed E-state index contributed by atoms with van der Waals surface area (Å²) in [5, 5.41) is 6.49. The zero-order chi connectivity index (χ0) is 19.7. The second-order valence-electron chi connectivity index (χ2n) is 7.62. The highest BCUT2D eigenvalue weighted by Crippen LogP contribution is 2.38. The number of nitrogens with one attached hydrogen (secondary N) is 2. The van der Waals surface area contributed by atoms with Crippen molar-refractivity contribution in [2.45, 2.75) is 51.1 Å². The van der Waals surface area contributed by atoms with Crippen LogP contribution >= 0.6 is 0 Å². The van der Waals surface area contributed by atoms with Crippen molar-refractivity contribution in [1.82, 2.24) is 20.6 Å². The molecule has 7 heteroatoms. The average Bonchev–Trinajstić information content (AvgIpc) is 3.06. The second-order valence-corrected chi connectivity index (χ2v) is 7.62. The van der Waals surface area contributed by atoms with Crippen LogP contribution in [0.1, 0.15) is 50.2 Å². The number of hydrogen-bond acceptors (Lipinski definition) is 5. The number of ether oxygens (including phenoxy) is 1. The number of rotatable bonds is 4. The summed E-state index contributed by atoms with van der Waals surface area (Å²) in [6, 6.07) is 6.45. The van der Waals surface area contributed by atoms with Crippen molar-refractivity contribution in [2.75, 3.05) is 13.2 Å². The van der Waals surface area contributed by atoms with Crippen molar-refractivity contribution in [2.24, 2.45) is 0 Å². The van der Waals surface area contributed by atoms with Gasteiger partial charge in [0.15, 0.2) is 0 Å². The summed E-state index contributed by atoms with van der Waals surface area (Å²) in [6.45, 7) is 4.98. The fourth-order valence-electron chi connectivity index (χ4n) is 4.21. The van der Waals surface area contributed by atoms with E-state index in [4.69, 9.17) is 4.74 Å². The van der Waals surface area contributed by atoms with E-state index in [1.807, 2.05) is 13.8 Å². The molecule has 0 bridgehead atoms. The average molecular weight is 384 g/mol. The van der Waals surface area contributed by atoms with Crippen LogP contribution in [0.5, 0.6) is 5.75 Å². The number of aromatic nitrogens is 2. The molecule has 1 spiro atoms. The maximum Gasteiger partial charge on any atom is 0.221 e. The minimum absolute atomic E-state index is 0.0392. The molecular weight excluding hydrogens is 359 g/mol. The van der Waals surface area contributed by atoms with Crippen LogP contribution < -0.4 is 15.4 Å². The predicted octanol–water partition coefficient (Wildman–Crippen LogP) is 3.06. The summed E-state index contributed by atoms with van der Waals surface area (Å²) in [5.74, 6) is 1.01. The normalized spacial score (nSPS) is 24.4. The highest BCUT2D eigenvalue weighted by molar-refractivity contribution is 5.78. The number of carbonyl (C=O) groups excluding carboxylic acids is 1. The van der Waals surface area contributed by atoms with Gasteiger partial charge in [0.25, 0.3) is 0 Å². The SMILES string of the molecule is CCOc1ccc(F)c(-c2cc(C)nc([C@H]3CC[C@]4(CCNC(=O)C4)N3)n2)c1. The summed E-state index contributed by atoms with van der Waals surface area (Å²) < 4.78 is 20.0. The third kappa shape index (κ3) is 3.71. The summed E-state index contributed by atoms with van der Waals surface area (Å²) >= 11 is 0. The van der Waals surface area contributed by atoms with Crippen molar-refractivity contribution in [1.29, 1.82) is 0 Å². The first kappa shape index (κ1) is 18.8. The molecular formula is C21H25FN4O2. The Morgan fingerprint density at radius 3 is 2.93 bits per heavy atom.